The van der Waals surface area contributed by atoms with E-state index in [1.165, 1.54) is 5.56 Å². The lowest BCUT2D eigenvalue weighted by Gasteiger charge is -2.35. The van der Waals surface area contributed by atoms with E-state index in [4.69, 9.17) is 4.74 Å². The third-order valence-corrected chi connectivity index (χ3v) is 4.18. The molecule has 1 N–H and O–H groups in total. The quantitative estimate of drug-likeness (QED) is 0.895. The van der Waals surface area contributed by atoms with E-state index >= 15 is 0 Å². The largest absolute Gasteiger partial charge is 0.379 e. The first-order valence-electron chi connectivity index (χ1n) is 7.71. The highest BCUT2D eigenvalue weighted by molar-refractivity contribution is 5.81. The lowest BCUT2D eigenvalue weighted by Crippen LogP contribution is -2.45. The van der Waals surface area contributed by atoms with Gasteiger partial charge in [0.25, 0.3) is 0 Å². The van der Waals surface area contributed by atoms with Gasteiger partial charge in [-0.3, -0.25) is 9.89 Å². The zero-order valence-electron chi connectivity index (χ0n) is 12.7. The molecule has 0 bridgehead atoms. The van der Waals surface area contributed by atoms with Crippen molar-refractivity contribution in [3.63, 3.8) is 0 Å². The summed E-state index contributed by atoms with van der Waals surface area (Å²) in [5.74, 6) is 1.02. The molecule has 0 spiro atoms. The third-order valence-electron chi connectivity index (χ3n) is 4.18. The number of nitrogens with zero attached hydrogens (tertiary/aromatic N) is 3. The molecule has 1 unspecified atom stereocenters. The first-order valence-corrected chi connectivity index (χ1v) is 7.71. The highest BCUT2D eigenvalue weighted by Gasteiger charge is 2.23. The van der Waals surface area contributed by atoms with Crippen molar-refractivity contribution < 1.29 is 4.74 Å². The number of nitrogens with one attached hydrogen (secondary N) is 1. The molecule has 114 valence electrons. The van der Waals surface area contributed by atoms with Crippen LogP contribution in [0.4, 0.5) is 0 Å². The van der Waals surface area contributed by atoms with E-state index in [1.54, 1.807) is 0 Å². The summed E-state index contributed by atoms with van der Waals surface area (Å²) in [6.07, 6.45) is 0. The molecule has 0 aromatic heterocycles. The summed E-state index contributed by atoms with van der Waals surface area (Å²) < 4.78 is 5.49. The van der Waals surface area contributed by atoms with Crippen LogP contribution in [0.25, 0.3) is 0 Å². The van der Waals surface area contributed by atoms with E-state index in [0.717, 1.165) is 51.9 Å². The van der Waals surface area contributed by atoms with Crippen molar-refractivity contribution in [2.75, 3.05) is 53.0 Å². The number of ether oxygens (including phenoxy) is 1. The number of rotatable bonds is 4. The molecule has 1 atom stereocenters. The molecule has 0 radical (unpaired) electrons. The molecular weight excluding hydrogens is 264 g/mol. The van der Waals surface area contributed by atoms with Crippen LogP contribution in [0, 0.1) is 0 Å². The van der Waals surface area contributed by atoms with E-state index < -0.39 is 0 Å². The molecule has 3 rings (SSSR count). The molecule has 5 heteroatoms. The summed E-state index contributed by atoms with van der Waals surface area (Å²) in [6.45, 7) is 6.41. The van der Waals surface area contributed by atoms with Crippen molar-refractivity contribution in [2.45, 2.75) is 6.04 Å². The molecular formula is C16H24N4O. The van der Waals surface area contributed by atoms with E-state index in [-0.39, 0.29) is 0 Å². The van der Waals surface area contributed by atoms with Crippen LogP contribution >= 0.6 is 0 Å². The molecule has 5 nitrogen and oxygen atoms in total. The summed E-state index contributed by atoms with van der Waals surface area (Å²) in [5.41, 5.74) is 1.35. The maximum Gasteiger partial charge on any atom is 0.193 e. The predicted octanol–water partition coefficient (Wildman–Crippen LogP) is 0.951. The van der Waals surface area contributed by atoms with Crippen LogP contribution in [-0.4, -0.2) is 68.7 Å². The Bertz CT molecular complexity index is 470. The highest BCUT2D eigenvalue weighted by Crippen LogP contribution is 2.21. The molecule has 21 heavy (non-hydrogen) atoms. The van der Waals surface area contributed by atoms with E-state index in [1.807, 2.05) is 0 Å². The lowest BCUT2D eigenvalue weighted by molar-refractivity contribution is 0.0169. The summed E-state index contributed by atoms with van der Waals surface area (Å²) in [6, 6.07) is 11.1. The average molecular weight is 288 g/mol. The topological polar surface area (TPSA) is 40.1 Å². The monoisotopic (exact) mass is 288 g/mol. The number of likely N-dealkylation sites (N-methyl/N-ethyl adjacent to an activating group) is 1. The Hall–Kier alpha value is -1.59. The fourth-order valence-corrected chi connectivity index (χ4v) is 2.93. The molecule has 0 saturated carbocycles. The van der Waals surface area contributed by atoms with Crippen molar-refractivity contribution in [3.05, 3.63) is 35.9 Å². The second-order valence-electron chi connectivity index (χ2n) is 5.58. The Morgan fingerprint density at radius 2 is 1.95 bits per heavy atom. The predicted molar refractivity (Wildman–Crippen MR) is 84.5 cm³/mol. The number of benzene rings is 1. The van der Waals surface area contributed by atoms with Crippen LogP contribution < -0.4 is 5.32 Å². The second kappa shape index (κ2) is 6.91. The van der Waals surface area contributed by atoms with E-state index in [2.05, 4.69) is 57.5 Å². The Kier molecular flexibility index (Phi) is 4.72. The minimum Gasteiger partial charge on any atom is -0.379 e. The third kappa shape index (κ3) is 3.54. The number of guanidine groups is 1. The minimum absolute atomic E-state index is 0.367. The Morgan fingerprint density at radius 1 is 1.19 bits per heavy atom. The molecule has 2 heterocycles. The number of hydrogen-bond donors (Lipinski definition) is 1. The Labute approximate surface area is 126 Å². The first kappa shape index (κ1) is 14.4. The fraction of sp³-hybridized carbons (Fsp3) is 0.562. The average Bonchev–Trinajstić information content (AvgIpc) is 2.95. The summed E-state index contributed by atoms with van der Waals surface area (Å²) in [5, 5.41) is 3.52. The summed E-state index contributed by atoms with van der Waals surface area (Å²) in [4.78, 5) is 9.20. The smallest absolute Gasteiger partial charge is 0.193 e. The van der Waals surface area contributed by atoms with Gasteiger partial charge in [0.05, 0.1) is 25.8 Å². The lowest BCUT2D eigenvalue weighted by atomic mass is 10.0. The van der Waals surface area contributed by atoms with E-state index in [9.17, 15) is 0 Å². The van der Waals surface area contributed by atoms with Crippen LogP contribution in [0.1, 0.15) is 11.6 Å². The SMILES string of the molecule is CN1CCN=C1NCC(c1ccccc1)N1CCOCC1. The van der Waals surface area contributed by atoms with Crippen molar-refractivity contribution in [1.29, 1.82) is 0 Å². The van der Waals surface area contributed by atoms with Gasteiger partial charge in [0.15, 0.2) is 5.96 Å². The molecule has 1 fully saturated rings. The van der Waals surface area contributed by atoms with Crippen LogP contribution in [0.15, 0.2) is 35.3 Å². The van der Waals surface area contributed by atoms with Gasteiger partial charge in [-0.15, -0.1) is 0 Å². The molecule has 2 aliphatic rings. The first-order chi connectivity index (χ1) is 10.3. The van der Waals surface area contributed by atoms with Gasteiger partial charge in [-0.25, -0.2) is 0 Å². The molecule has 1 aromatic carbocycles. The van der Waals surface area contributed by atoms with Crippen molar-refractivity contribution in [3.8, 4) is 0 Å². The Morgan fingerprint density at radius 3 is 2.62 bits per heavy atom. The van der Waals surface area contributed by atoms with Crippen molar-refractivity contribution >= 4 is 5.96 Å². The van der Waals surface area contributed by atoms with Crippen LogP contribution in [0.2, 0.25) is 0 Å². The van der Waals surface area contributed by atoms with Gasteiger partial charge >= 0.3 is 0 Å². The highest BCUT2D eigenvalue weighted by atomic mass is 16.5. The standard InChI is InChI=1S/C16H24N4O/c1-19-8-7-17-16(19)18-13-15(14-5-3-2-4-6-14)20-9-11-21-12-10-20/h2-6,15H,7-13H2,1H3,(H,17,18). The molecule has 1 aromatic rings. The fourth-order valence-electron chi connectivity index (χ4n) is 2.93. The van der Waals surface area contributed by atoms with Gasteiger partial charge in [0.1, 0.15) is 0 Å². The zero-order chi connectivity index (χ0) is 14.5. The zero-order valence-corrected chi connectivity index (χ0v) is 12.7. The summed E-state index contributed by atoms with van der Waals surface area (Å²) >= 11 is 0. The van der Waals surface area contributed by atoms with Gasteiger partial charge in [-0.2, -0.15) is 0 Å². The molecule has 1 saturated heterocycles. The van der Waals surface area contributed by atoms with Gasteiger partial charge in [-0.05, 0) is 5.56 Å². The van der Waals surface area contributed by atoms with Crippen LogP contribution in [0.5, 0.6) is 0 Å². The minimum atomic E-state index is 0.367. The normalized spacial score (nSPS) is 21.2. The Balaban J connectivity index is 1.69. The molecule has 0 amide bonds. The van der Waals surface area contributed by atoms with Gasteiger partial charge in [0, 0.05) is 33.2 Å². The number of aliphatic imine (C=N–C) groups is 1. The maximum atomic E-state index is 5.49. The van der Waals surface area contributed by atoms with Crippen molar-refractivity contribution in [1.82, 2.24) is 15.1 Å². The molecule has 0 aliphatic carbocycles. The van der Waals surface area contributed by atoms with Crippen molar-refractivity contribution in [2.24, 2.45) is 4.99 Å². The van der Waals surface area contributed by atoms with Crippen LogP contribution in [0.3, 0.4) is 0 Å². The van der Waals surface area contributed by atoms with Gasteiger partial charge < -0.3 is 15.0 Å². The second-order valence-corrected chi connectivity index (χ2v) is 5.58. The number of morpholine rings is 1. The number of hydrogen-bond acceptors (Lipinski definition) is 5. The van der Waals surface area contributed by atoms with Gasteiger partial charge in [-0.1, -0.05) is 30.3 Å². The maximum absolute atomic E-state index is 5.49. The van der Waals surface area contributed by atoms with Gasteiger partial charge in [0.2, 0.25) is 0 Å². The summed E-state index contributed by atoms with van der Waals surface area (Å²) in [7, 11) is 2.09. The van der Waals surface area contributed by atoms with E-state index in [0.29, 0.717) is 6.04 Å². The van der Waals surface area contributed by atoms with Crippen LogP contribution in [-0.2, 0) is 4.74 Å². The molecule has 2 aliphatic heterocycles.